The fraction of sp³-hybridized carbons (Fsp3) is 0.250. The minimum absolute atomic E-state index is 0.0269. The molecule has 8 heteroatoms. The maximum Gasteiger partial charge on any atom is 0.271 e. The third-order valence-corrected chi connectivity index (χ3v) is 5.60. The molecule has 0 bridgehead atoms. The average Bonchev–Trinajstić information content (AvgIpc) is 3.35. The first-order valence-corrected chi connectivity index (χ1v) is 8.82. The Morgan fingerprint density at radius 3 is 3.04 bits per heavy atom. The summed E-state index contributed by atoms with van der Waals surface area (Å²) in [6.07, 6.45) is 4.18. The Morgan fingerprint density at radius 2 is 2.29 bits per heavy atom. The lowest BCUT2D eigenvalue weighted by Crippen LogP contribution is -2.28. The van der Waals surface area contributed by atoms with Crippen LogP contribution in [0, 0.1) is 0 Å². The van der Waals surface area contributed by atoms with Gasteiger partial charge >= 0.3 is 0 Å². The minimum atomic E-state index is -0.0269. The van der Waals surface area contributed by atoms with Crippen molar-refractivity contribution >= 4 is 28.8 Å². The number of amides is 1. The molecule has 1 amide bonds. The van der Waals surface area contributed by atoms with Crippen LogP contribution in [0.1, 0.15) is 27.7 Å². The molecule has 0 aliphatic carbocycles. The van der Waals surface area contributed by atoms with Crippen molar-refractivity contribution in [2.45, 2.75) is 12.3 Å². The van der Waals surface area contributed by atoms with Crippen LogP contribution in [0.4, 0.5) is 0 Å². The summed E-state index contributed by atoms with van der Waals surface area (Å²) in [5.41, 5.74) is 2.01. The number of thiophene rings is 1. The monoisotopic (exact) mass is 359 g/mol. The van der Waals surface area contributed by atoms with Gasteiger partial charge in [0, 0.05) is 34.8 Å². The van der Waals surface area contributed by atoms with Crippen molar-refractivity contribution < 1.29 is 4.79 Å². The smallest absolute Gasteiger partial charge is 0.271 e. The summed E-state index contributed by atoms with van der Waals surface area (Å²) < 4.78 is 0. The SMILES string of the molecule is O=C(c1cc(-c2ccnnc2)n[nH]1)N1CCC(c2cc(Cl)cs2)C1. The van der Waals surface area contributed by atoms with E-state index in [2.05, 4.69) is 20.4 Å². The zero-order chi connectivity index (χ0) is 16.5. The Balaban J connectivity index is 1.48. The number of hydrogen-bond donors (Lipinski definition) is 1. The summed E-state index contributed by atoms with van der Waals surface area (Å²) in [6, 6.07) is 5.56. The van der Waals surface area contributed by atoms with Gasteiger partial charge in [-0.1, -0.05) is 11.6 Å². The molecule has 0 saturated carbocycles. The molecule has 122 valence electrons. The standard InChI is InChI=1S/C16H14ClN5OS/c17-12-5-15(24-9-12)11-2-4-22(8-11)16(23)14-6-13(20-21-14)10-1-3-18-19-7-10/h1,3,5-7,9,11H,2,4,8H2,(H,20,21). The van der Waals surface area contributed by atoms with E-state index < -0.39 is 0 Å². The number of hydrogen-bond acceptors (Lipinski definition) is 5. The van der Waals surface area contributed by atoms with E-state index in [1.807, 2.05) is 22.4 Å². The van der Waals surface area contributed by atoms with Gasteiger partial charge in [-0.2, -0.15) is 15.3 Å². The molecule has 6 nitrogen and oxygen atoms in total. The number of halogens is 1. The zero-order valence-corrected chi connectivity index (χ0v) is 14.2. The fourth-order valence-corrected chi connectivity index (χ4v) is 4.12. The Hall–Kier alpha value is -2.25. The van der Waals surface area contributed by atoms with Gasteiger partial charge in [-0.3, -0.25) is 9.89 Å². The van der Waals surface area contributed by atoms with Crippen LogP contribution in [0.3, 0.4) is 0 Å². The first-order valence-electron chi connectivity index (χ1n) is 7.56. The largest absolute Gasteiger partial charge is 0.337 e. The summed E-state index contributed by atoms with van der Waals surface area (Å²) in [6.45, 7) is 1.45. The van der Waals surface area contributed by atoms with Crippen LogP contribution in [-0.4, -0.2) is 44.3 Å². The Kier molecular flexibility index (Phi) is 4.03. The highest BCUT2D eigenvalue weighted by Crippen LogP contribution is 2.33. The highest BCUT2D eigenvalue weighted by atomic mass is 35.5. The number of nitrogens with one attached hydrogen (secondary N) is 1. The molecular formula is C16H14ClN5OS. The number of rotatable bonds is 3. The van der Waals surface area contributed by atoms with Crippen molar-refractivity contribution in [1.29, 1.82) is 0 Å². The molecule has 24 heavy (non-hydrogen) atoms. The van der Waals surface area contributed by atoms with E-state index in [4.69, 9.17) is 11.6 Å². The minimum Gasteiger partial charge on any atom is -0.337 e. The van der Waals surface area contributed by atoms with E-state index in [0.29, 0.717) is 23.9 Å². The molecule has 1 atom stereocenters. The summed E-state index contributed by atoms with van der Waals surface area (Å²) in [7, 11) is 0. The normalized spacial score (nSPS) is 17.4. The molecule has 0 aromatic carbocycles. The molecule has 1 fully saturated rings. The molecular weight excluding hydrogens is 346 g/mol. The molecule has 1 aliphatic rings. The quantitative estimate of drug-likeness (QED) is 0.779. The van der Waals surface area contributed by atoms with Gasteiger partial charge in [-0.15, -0.1) is 11.3 Å². The molecule has 1 unspecified atom stereocenters. The van der Waals surface area contributed by atoms with Crippen molar-refractivity contribution in [3.05, 3.63) is 51.6 Å². The summed E-state index contributed by atoms with van der Waals surface area (Å²) in [5.74, 6) is 0.333. The van der Waals surface area contributed by atoms with E-state index in [9.17, 15) is 4.79 Å². The predicted molar refractivity (Wildman–Crippen MR) is 92.2 cm³/mol. The van der Waals surface area contributed by atoms with Crippen molar-refractivity contribution in [2.75, 3.05) is 13.1 Å². The first kappa shape index (κ1) is 15.3. The third kappa shape index (κ3) is 2.92. The maximum absolute atomic E-state index is 12.7. The van der Waals surface area contributed by atoms with Crippen LogP contribution >= 0.6 is 22.9 Å². The molecule has 4 rings (SSSR count). The van der Waals surface area contributed by atoms with Crippen molar-refractivity contribution in [2.24, 2.45) is 0 Å². The number of nitrogens with zero attached hydrogens (tertiary/aromatic N) is 4. The second-order valence-electron chi connectivity index (χ2n) is 5.70. The number of H-pyrrole nitrogens is 1. The number of carbonyl (C=O) groups excluding carboxylic acids is 1. The van der Waals surface area contributed by atoms with Gasteiger partial charge in [-0.05, 0) is 24.6 Å². The second-order valence-corrected chi connectivity index (χ2v) is 7.08. The van der Waals surface area contributed by atoms with Gasteiger partial charge in [0.05, 0.1) is 23.1 Å². The number of aromatic nitrogens is 4. The van der Waals surface area contributed by atoms with Crippen LogP contribution in [-0.2, 0) is 0 Å². The zero-order valence-electron chi connectivity index (χ0n) is 12.6. The topological polar surface area (TPSA) is 74.8 Å². The molecule has 4 heterocycles. The lowest BCUT2D eigenvalue weighted by atomic mass is 10.1. The molecule has 1 N–H and O–H groups in total. The number of carbonyl (C=O) groups is 1. The van der Waals surface area contributed by atoms with Crippen LogP contribution in [0.15, 0.2) is 36.0 Å². The van der Waals surface area contributed by atoms with Gasteiger partial charge in [0.2, 0.25) is 0 Å². The summed E-state index contributed by atoms with van der Waals surface area (Å²) in [4.78, 5) is 15.8. The Bertz CT molecular complexity index is 862. The van der Waals surface area contributed by atoms with Gasteiger partial charge < -0.3 is 4.90 Å². The molecule has 0 spiro atoms. The lowest BCUT2D eigenvalue weighted by molar-refractivity contribution is 0.0785. The van der Waals surface area contributed by atoms with Crippen molar-refractivity contribution in [3.63, 3.8) is 0 Å². The molecule has 3 aromatic heterocycles. The van der Waals surface area contributed by atoms with Crippen LogP contribution in [0.25, 0.3) is 11.3 Å². The second kappa shape index (κ2) is 6.33. The van der Waals surface area contributed by atoms with E-state index in [-0.39, 0.29) is 5.91 Å². The van der Waals surface area contributed by atoms with Crippen LogP contribution in [0.5, 0.6) is 0 Å². The Morgan fingerprint density at radius 1 is 1.38 bits per heavy atom. The molecule has 3 aromatic rings. The molecule has 1 aliphatic heterocycles. The van der Waals surface area contributed by atoms with Crippen molar-refractivity contribution in [3.8, 4) is 11.3 Å². The Labute approximate surface area is 147 Å². The average molecular weight is 360 g/mol. The predicted octanol–water partition coefficient (Wildman–Crippen LogP) is 3.21. The summed E-state index contributed by atoms with van der Waals surface area (Å²) >= 11 is 7.66. The van der Waals surface area contributed by atoms with E-state index in [1.54, 1.807) is 29.8 Å². The van der Waals surface area contributed by atoms with Crippen LogP contribution < -0.4 is 0 Å². The maximum atomic E-state index is 12.7. The number of likely N-dealkylation sites (tertiary alicyclic amines) is 1. The van der Waals surface area contributed by atoms with Gasteiger partial charge in [0.15, 0.2) is 0 Å². The molecule has 1 saturated heterocycles. The highest BCUT2D eigenvalue weighted by Gasteiger charge is 2.29. The fourth-order valence-electron chi connectivity index (χ4n) is 2.91. The van der Waals surface area contributed by atoms with E-state index in [1.165, 1.54) is 4.88 Å². The van der Waals surface area contributed by atoms with Crippen molar-refractivity contribution in [1.82, 2.24) is 25.3 Å². The summed E-state index contributed by atoms with van der Waals surface area (Å²) in [5, 5.41) is 17.3. The van der Waals surface area contributed by atoms with Gasteiger partial charge in [0.1, 0.15) is 5.69 Å². The van der Waals surface area contributed by atoms with Gasteiger partial charge in [0.25, 0.3) is 5.91 Å². The molecule has 0 radical (unpaired) electrons. The lowest BCUT2D eigenvalue weighted by Gasteiger charge is -2.14. The van der Waals surface area contributed by atoms with Gasteiger partial charge in [-0.25, -0.2) is 0 Å². The van der Waals surface area contributed by atoms with E-state index in [0.717, 1.165) is 23.6 Å². The highest BCUT2D eigenvalue weighted by molar-refractivity contribution is 7.10. The first-order chi connectivity index (χ1) is 11.7. The number of aromatic amines is 1. The van der Waals surface area contributed by atoms with E-state index >= 15 is 0 Å². The third-order valence-electron chi connectivity index (χ3n) is 4.15. The van der Waals surface area contributed by atoms with Crippen LogP contribution in [0.2, 0.25) is 5.02 Å².